The first-order valence-electron chi connectivity index (χ1n) is 8.04. The van der Waals surface area contributed by atoms with Crippen LogP contribution in [0.3, 0.4) is 0 Å². The van der Waals surface area contributed by atoms with Gasteiger partial charge < -0.3 is 15.3 Å². The molecule has 5 nitrogen and oxygen atoms in total. The van der Waals surface area contributed by atoms with Gasteiger partial charge in [0.1, 0.15) is 5.82 Å². The summed E-state index contributed by atoms with van der Waals surface area (Å²) in [4.78, 5) is 25.6. The molecule has 24 heavy (non-hydrogen) atoms. The van der Waals surface area contributed by atoms with E-state index >= 15 is 0 Å². The first kappa shape index (κ1) is 17.2. The van der Waals surface area contributed by atoms with Crippen molar-refractivity contribution in [2.24, 2.45) is 11.8 Å². The fourth-order valence-corrected chi connectivity index (χ4v) is 4.00. The zero-order valence-electron chi connectivity index (χ0n) is 13.3. The molecule has 0 aromatic heterocycles. The second-order valence-corrected chi connectivity index (χ2v) is 7.11. The molecule has 7 heteroatoms. The Balaban J connectivity index is 1.69. The number of halogens is 2. The van der Waals surface area contributed by atoms with Gasteiger partial charge in [-0.05, 0) is 42.9 Å². The number of hydrogen-bond donors (Lipinski definition) is 2. The number of nitrogens with one attached hydrogen (secondary N) is 1. The van der Waals surface area contributed by atoms with Gasteiger partial charge in [-0.1, -0.05) is 11.6 Å². The van der Waals surface area contributed by atoms with Gasteiger partial charge in [-0.3, -0.25) is 9.59 Å². The second-order valence-electron chi connectivity index (χ2n) is 6.70. The molecular formula is C17H20ClFN2O3. The first-order chi connectivity index (χ1) is 11.3. The van der Waals surface area contributed by atoms with Crippen molar-refractivity contribution in [3.63, 3.8) is 0 Å². The number of benzene rings is 1. The van der Waals surface area contributed by atoms with Gasteiger partial charge in [0, 0.05) is 25.6 Å². The van der Waals surface area contributed by atoms with Crippen LogP contribution in [0.5, 0.6) is 0 Å². The Bertz CT molecular complexity index is 669. The summed E-state index contributed by atoms with van der Waals surface area (Å²) < 4.78 is 13.3. The standard InChI is InChI=1S/C17H20ClFN2O3/c1-9(22)20-15-5-11-7-21(8-12(11)6-16(15)23)17(24)10-2-3-14(19)13(18)4-10/h2-4,11-12,15-16,23H,5-8H2,1H3,(H,20,22)/t11-,12+,15-,16-/m1/s1. The summed E-state index contributed by atoms with van der Waals surface area (Å²) >= 11 is 5.75. The summed E-state index contributed by atoms with van der Waals surface area (Å²) in [6.07, 6.45) is 0.619. The maximum absolute atomic E-state index is 13.3. The Morgan fingerprint density at radius 3 is 2.58 bits per heavy atom. The van der Waals surface area contributed by atoms with Gasteiger partial charge in [-0.15, -0.1) is 0 Å². The average molecular weight is 355 g/mol. The third-order valence-electron chi connectivity index (χ3n) is 4.98. The number of hydrogen-bond acceptors (Lipinski definition) is 3. The molecule has 1 saturated carbocycles. The fraction of sp³-hybridized carbons (Fsp3) is 0.529. The number of carbonyl (C=O) groups excluding carboxylic acids is 2. The molecule has 1 aliphatic carbocycles. The van der Waals surface area contributed by atoms with Gasteiger partial charge in [-0.25, -0.2) is 4.39 Å². The molecule has 130 valence electrons. The molecule has 0 bridgehead atoms. The summed E-state index contributed by atoms with van der Waals surface area (Å²) in [5, 5.41) is 12.9. The molecule has 2 aliphatic rings. The third-order valence-corrected chi connectivity index (χ3v) is 5.27. The summed E-state index contributed by atoms with van der Waals surface area (Å²) in [6.45, 7) is 2.56. The fourth-order valence-electron chi connectivity index (χ4n) is 3.82. The number of carbonyl (C=O) groups is 2. The van der Waals surface area contributed by atoms with E-state index in [4.69, 9.17) is 11.6 Å². The lowest BCUT2D eigenvalue weighted by Gasteiger charge is -2.35. The molecule has 1 saturated heterocycles. The lowest BCUT2D eigenvalue weighted by molar-refractivity contribution is -0.121. The molecule has 1 aromatic carbocycles. The average Bonchev–Trinajstić information content (AvgIpc) is 2.92. The highest BCUT2D eigenvalue weighted by molar-refractivity contribution is 6.31. The minimum atomic E-state index is -0.592. The van der Waals surface area contributed by atoms with Crippen LogP contribution >= 0.6 is 11.6 Å². The lowest BCUT2D eigenvalue weighted by Crippen LogP contribution is -2.48. The Morgan fingerprint density at radius 1 is 1.29 bits per heavy atom. The summed E-state index contributed by atoms with van der Waals surface area (Å²) in [5.41, 5.74) is 0.360. The Kier molecular flexibility index (Phi) is 4.78. The normalized spacial score (nSPS) is 29.2. The van der Waals surface area contributed by atoms with Crippen LogP contribution in [0.4, 0.5) is 4.39 Å². The maximum atomic E-state index is 13.3. The second kappa shape index (κ2) is 6.69. The summed E-state index contributed by atoms with van der Waals surface area (Å²) in [7, 11) is 0. The van der Waals surface area contributed by atoms with Crippen LogP contribution in [0.2, 0.25) is 5.02 Å². The highest BCUT2D eigenvalue weighted by atomic mass is 35.5. The van der Waals surface area contributed by atoms with E-state index in [0.717, 1.165) is 0 Å². The van der Waals surface area contributed by atoms with Crippen molar-refractivity contribution in [2.75, 3.05) is 13.1 Å². The molecule has 3 rings (SSSR count). The first-order valence-corrected chi connectivity index (χ1v) is 8.42. The molecule has 0 spiro atoms. The Hall–Kier alpha value is -1.66. The number of likely N-dealkylation sites (tertiary alicyclic amines) is 1. The Morgan fingerprint density at radius 2 is 1.96 bits per heavy atom. The molecule has 2 amide bonds. The van der Waals surface area contributed by atoms with Gasteiger partial charge in [0.25, 0.3) is 5.91 Å². The van der Waals surface area contributed by atoms with Crippen molar-refractivity contribution in [1.82, 2.24) is 10.2 Å². The van der Waals surface area contributed by atoms with Crippen molar-refractivity contribution in [3.8, 4) is 0 Å². The highest BCUT2D eigenvalue weighted by Gasteiger charge is 2.43. The van der Waals surface area contributed by atoms with E-state index in [1.807, 2.05) is 0 Å². The SMILES string of the molecule is CC(=O)N[C@@H]1C[C@@H]2CN(C(=O)c3ccc(F)c(Cl)c3)C[C@@H]2C[C@H]1O. The van der Waals surface area contributed by atoms with Crippen LogP contribution in [0, 0.1) is 17.7 Å². The van der Waals surface area contributed by atoms with Crippen LogP contribution in [0.15, 0.2) is 18.2 Å². The van der Waals surface area contributed by atoms with Gasteiger partial charge in [0.05, 0.1) is 17.2 Å². The van der Waals surface area contributed by atoms with Crippen LogP contribution in [0.1, 0.15) is 30.1 Å². The molecule has 4 atom stereocenters. The topological polar surface area (TPSA) is 69.6 Å². The maximum Gasteiger partial charge on any atom is 0.253 e. The molecule has 1 aliphatic heterocycles. The largest absolute Gasteiger partial charge is 0.391 e. The molecule has 2 N–H and O–H groups in total. The van der Waals surface area contributed by atoms with E-state index in [9.17, 15) is 19.1 Å². The number of rotatable bonds is 2. The van der Waals surface area contributed by atoms with Crippen molar-refractivity contribution < 1.29 is 19.1 Å². The van der Waals surface area contributed by atoms with Crippen LogP contribution in [-0.2, 0) is 4.79 Å². The zero-order valence-corrected chi connectivity index (χ0v) is 14.1. The van der Waals surface area contributed by atoms with E-state index in [1.165, 1.54) is 25.1 Å². The van der Waals surface area contributed by atoms with E-state index < -0.39 is 11.9 Å². The van der Waals surface area contributed by atoms with Gasteiger partial charge in [-0.2, -0.15) is 0 Å². The smallest absolute Gasteiger partial charge is 0.253 e. The van der Waals surface area contributed by atoms with E-state index in [0.29, 0.717) is 31.5 Å². The van der Waals surface area contributed by atoms with Gasteiger partial charge >= 0.3 is 0 Å². The molecule has 1 aromatic rings. The predicted molar refractivity (Wildman–Crippen MR) is 87.1 cm³/mol. The monoisotopic (exact) mass is 354 g/mol. The number of nitrogens with zero attached hydrogens (tertiary/aromatic N) is 1. The third kappa shape index (κ3) is 3.39. The van der Waals surface area contributed by atoms with Crippen molar-refractivity contribution in [3.05, 3.63) is 34.6 Å². The quantitative estimate of drug-likeness (QED) is 0.851. The van der Waals surface area contributed by atoms with Gasteiger partial charge in [0.15, 0.2) is 0 Å². The van der Waals surface area contributed by atoms with Gasteiger partial charge in [0.2, 0.25) is 5.91 Å². The number of amides is 2. The number of aliphatic hydroxyl groups is 1. The summed E-state index contributed by atoms with van der Waals surface area (Å²) in [5.74, 6) is -0.444. The Labute approximate surface area is 144 Å². The molecular weight excluding hydrogens is 335 g/mol. The van der Waals surface area contributed by atoms with E-state index in [-0.39, 0.29) is 34.7 Å². The number of fused-ring (bicyclic) bond motifs is 1. The highest BCUT2D eigenvalue weighted by Crippen LogP contribution is 2.37. The van der Waals surface area contributed by atoms with Crippen molar-refractivity contribution in [1.29, 1.82) is 0 Å². The molecule has 0 unspecified atom stereocenters. The molecule has 1 heterocycles. The number of aliphatic hydroxyl groups excluding tert-OH is 1. The van der Waals surface area contributed by atoms with Crippen molar-refractivity contribution >= 4 is 23.4 Å². The van der Waals surface area contributed by atoms with Crippen molar-refractivity contribution in [2.45, 2.75) is 31.9 Å². The van der Waals surface area contributed by atoms with E-state index in [2.05, 4.69) is 5.32 Å². The molecule has 2 fully saturated rings. The summed E-state index contributed by atoms with van der Waals surface area (Å²) in [6, 6.07) is 3.70. The van der Waals surface area contributed by atoms with E-state index in [1.54, 1.807) is 4.90 Å². The molecule has 0 radical (unpaired) electrons. The minimum Gasteiger partial charge on any atom is -0.391 e. The van der Waals surface area contributed by atoms with Crippen LogP contribution < -0.4 is 5.32 Å². The van der Waals surface area contributed by atoms with Crippen LogP contribution in [0.25, 0.3) is 0 Å². The lowest BCUT2D eigenvalue weighted by atomic mass is 9.77. The minimum absolute atomic E-state index is 0.0707. The zero-order chi connectivity index (χ0) is 17.4. The van der Waals surface area contributed by atoms with Crippen LogP contribution in [-0.4, -0.2) is 47.1 Å². The predicted octanol–water partition coefficient (Wildman–Crippen LogP) is 1.83.